The third-order valence-corrected chi connectivity index (χ3v) is 27.9. The maximum absolute atomic E-state index is 7.45. The predicted octanol–water partition coefficient (Wildman–Crippen LogP) is 13.4. The Labute approximate surface area is 270 Å². The van der Waals surface area contributed by atoms with Gasteiger partial charge in [0.25, 0.3) is 0 Å². The monoisotopic (exact) mass is 674 g/mol. The van der Waals surface area contributed by atoms with Crippen LogP contribution in [0.5, 0.6) is 0 Å². The van der Waals surface area contributed by atoms with Gasteiger partial charge in [-0.1, -0.05) is 0 Å². The van der Waals surface area contributed by atoms with Crippen LogP contribution < -0.4 is 0 Å². The van der Waals surface area contributed by atoms with Crippen molar-refractivity contribution in [3.8, 4) is 0 Å². The van der Waals surface area contributed by atoms with Crippen LogP contribution in [0.15, 0.2) is 0 Å². The second kappa shape index (κ2) is 30.9. The van der Waals surface area contributed by atoms with E-state index in [1.807, 2.05) is 0 Å². The van der Waals surface area contributed by atoms with E-state index in [4.69, 9.17) is 6.91 Å². The van der Waals surface area contributed by atoms with Crippen LogP contribution in [0.1, 0.15) is 196 Å². The molecule has 0 unspecified atom stereocenters. The molecule has 0 fully saturated rings. The Hall–Kier alpha value is 0.897. The second-order valence-electron chi connectivity index (χ2n) is 13.6. The van der Waals surface area contributed by atoms with Crippen LogP contribution in [0.4, 0.5) is 0 Å². The third kappa shape index (κ3) is 23.9. The summed E-state index contributed by atoms with van der Waals surface area (Å²) in [5.41, 5.74) is 0. The minimum atomic E-state index is -1.70. The molecule has 0 saturated heterocycles. The first kappa shape index (κ1) is 41.9. The Morgan fingerprint density at radius 3 is 0.659 bits per heavy atom. The van der Waals surface area contributed by atoms with Crippen LogP contribution >= 0.6 is 0 Å². The summed E-state index contributed by atoms with van der Waals surface area (Å²) in [5, 5.41) is 0. The molecule has 5 heteroatoms. The van der Waals surface area contributed by atoms with Gasteiger partial charge in [0.2, 0.25) is 0 Å². The van der Waals surface area contributed by atoms with Gasteiger partial charge in [0, 0.05) is 0 Å². The van der Waals surface area contributed by atoms with Crippen molar-refractivity contribution >= 4 is 32.7 Å². The average molecular weight is 674 g/mol. The van der Waals surface area contributed by atoms with Gasteiger partial charge in [0.1, 0.15) is 0 Å². The molecule has 0 aromatic heterocycles. The Morgan fingerprint density at radius 2 is 0.488 bits per heavy atom. The number of hydrogen-bond donors (Lipinski definition) is 0. The summed E-state index contributed by atoms with van der Waals surface area (Å²) in [7, 11) is -3.39. The van der Waals surface area contributed by atoms with Crippen molar-refractivity contribution < 1.29 is 6.91 Å². The van der Waals surface area contributed by atoms with Gasteiger partial charge in [-0.3, -0.25) is 0 Å². The first-order valence-electron chi connectivity index (χ1n) is 19.3. The van der Waals surface area contributed by atoms with E-state index in [1.54, 1.807) is 0 Å². The molecule has 0 saturated carbocycles. The van der Waals surface area contributed by atoms with Crippen molar-refractivity contribution in [1.29, 1.82) is 0 Å². The quantitative estimate of drug-likeness (QED) is 0.0500. The van der Waals surface area contributed by atoms with E-state index >= 15 is 0 Å². The van der Waals surface area contributed by atoms with Crippen LogP contribution in [0.2, 0.25) is 36.3 Å². The zero-order chi connectivity index (χ0) is 30.3. The molecule has 41 heavy (non-hydrogen) atoms. The Kier molecular flexibility index (Phi) is 31.6. The Morgan fingerprint density at radius 1 is 0.293 bits per heavy atom. The molecule has 0 aliphatic carbocycles. The van der Waals surface area contributed by atoms with Gasteiger partial charge in [-0.25, -0.2) is 0 Å². The average Bonchev–Trinajstić information content (AvgIpc) is 2.98. The summed E-state index contributed by atoms with van der Waals surface area (Å²) >= 11 is -1.45. The molecular weight excluding hydrogens is 593 g/mol. The third-order valence-electron chi connectivity index (χ3n) is 9.65. The van der Waals surface area contributed by atoms with Gasteiger partial charge in [0.15, 0.2) is 0 Å². The van der Waals surface area contributed by atoms with Crippen LogP contribution in [0, 0.1) is 0 Å². The standard InChI is InChI=1S/C36H80GeO2Si2/c1-7-13-19-25-31-40(32-26-20-14-8-2,33-27-21-15-9-3)38-37-39-41(34-28-22-16-10-4,35-29-23-17-11-5)36-30-24-18-12-6/h7-37H2,1-6H3. The van der Waals surface area contributed by atoms with Crippen molar-refractivity contribution in [2.75, 3.05) is 0 Å². The van der Waals surface area contributed by atoms with Gasteiger partial charge in [-0.05, 0) is 0 Å². The van der Waals surface area contributed by atoms with Gasteiger partial charge in [-0.2, -0.15) is 0 Å². The van der Waals surface area contributed by atoms with Crippen LogP contribution in [-0.2, 0) is 6.91 Å². The molecule has 2 nitrogen and oxygen atoms in total. The van der Waals surface area contributed by atoms with E-state index in [0.717, 1.165) is 0 Å². The molecule has 0 amide bonds. The summed E-state index contributed by atoms with van der Waals surface area (Å²) in [5.74, 6) is 0. The summed E-state index contributed by atoms with van der Waals surface area (Å²) in [4.78, 5) is 0. The minimum absolute atomic E-state index is 1.34. The molecule has 0 aromatic rings. The first-order valence-corrected chi connectivity index (χ1v) is 26.8. The van der Waals surface area contributed by atoms with Crippen LogP contribution in [0.25, 0.3) is 0 Å². The molecule has 0 atom stereocenters. The fourth-order valence-corrected chi connectivity index (χ4v) is 24.9. The maximum atomic E-state index is 7.45. The number of rotatable bonds is 34. The molecule has 0 N–H and O–H groups in total. The SMILES string of the molecule is CCCCCC[Si](CCCCCC)(CCCCCC)[O][GeH2][O][Si](CCCCCC)(CCCCCC)CCCCCC. The van der Waals surface area contributed by atoms with E-state index < -0.39 is 32.7 Å². The molecular formula is C36H80GeO2Si2. The molecule has 0 heterocycles. The first-order chi connectivity index (χ1) is 20.1. The van der Waals surface area contributed by atoms with Crippen molar-refractivity contribution in [1.82, 2.24) is 0 Å². The number of hydrogen-bond acceptors (Lipinski definition) is 2. The van der Waals surface area contributed by atoms with Crippen molar-refractivity contribution in [2.24, 2.45) is 0 Å². The van der Waals surface area contributed by atoms with Gasteiger partial charge in [-0.15, -0.1) is 0 Å². The molecule has 0 spiro atoms. The van der Waals surface area contributed by atoms with Crippen LogP contribution in [0.3, 0.4) is 0 Å². The summed E-state index contributed by atoms with van der Waals surface area (Å²) in [6.07, 6.45) is 33.4. The molecule has 0 rings (SSSR count). The molecule has 0 aromatic carbocycles. The molecule has 0 bridgehead atoms. The summed E-state index contributed by atoms with van der Waals surface area (Å²) in [6.45, 7) is 14.1. The van der Waals surface area contributed by atoms with Gasteiger partial charge in [0.05, 0.1) is 0 Å². The molecule has 0 aliphatic rings. The fourth-order valence-electron chi connectivity index (χ4n) is 6.71. The van der Waals surface area contributed by atoms with E-state index in [9.17, 15) is 0 Å². The summed E-state index contributed by atoms with van der Waals surface area (Å²) in [6, 6.07) is 8.57. The van der Waals surface area contributed by atoms with Crippen molar-refractivity contribution in [3.05, 3.63) is 0 Å². The van der Waals surface area contributed by atoms with Gasteiger partial charge < -0.3 is 0 Å². The zero-order valence-corrected chi connectivity index (χ0v) is 34.7. The molecule has 0 radical (unpaired) electrons. The Balaban J connectivity index is 5.70. The second-order valence-corrected chi connectivity index (χ2v) is 26.1. The number of unbranched alkanes of at least 4 members (excludes halogenated alkanes) is 18. The fraction of sp³-hybridized carbons (Fsp3) is 1.00. The molecule has 0 aliphatic heterocycles. The van der Waals surface area contributed by atoms with Crippen molar-refractivity contribution in [2.45, 2.75) is 232 Å². The molecule has 248 valence electrons. The Bertz CT molecular complexity index is 413. The van der Waals surface area contributed by atoms with E-state index in [2.05, 4.69) is 41.5 Å². The summed E-state index contributed by atoms with van der Waals surface area (Å²) < 4.78 is 14.9. The zero-order valence-electron chi connectivity index (χ0n) is 29.7. The van der Waals surface area contributed by atoms with E-state index in [-0.39, 0.29) is 0 Å². The van der Waals surface area contributed by atoms with Crippen LogP contribution in [-0.4, -0.2) is 32.7 Å². The van der Waals surface area contributed by atoms with Gasteiger partial charge >= 0.3 is 272 Å². The normalized spacial score (nSPS) is 12.4. The van der Waals surface area contributed by atoms with Crippen molar-refractivity contribution in [3.63, 3.8) is 0 Å². The predicted molar refractivity (Wildman–Crippen MR) is 196 cm³/mol. The topological polar surface area (TPSA) is 18.5 Å². The van der Waals surface area contributed by atoms with E-state index in [0.29, 0.717) is 0 Å². The van der Waals surface area contributed by atoms with E-state index in [1.165, 1.54) is 190 Å².